The first-order valence-corrected chi connectivity index (χ1v) is 10.1. The van der Waals surface area contributed by atoms with E-state index in [9.17, 15) is 14.4 Å². The third kappa shape index (κ3) is 4.21. The van der Waals surface area contributed by atoms with Crippen molar-refractivity contribution in [3.8, 4) is 0 Å². The van der Waals surface area contributed by atoms with Crippen LogP contribution in [-0.4, -0.2) is 39.1 Å². The topological polar surface area (TPSA) is 106 Å². The standard InChI is InChI=1S/C24H22N4O3/c1-15-6-4-7-16(12-15)13-20-19(22(25)29)14-26-21(27-20)10-5-11-28-23(30)17-8-2-3-9-18(17)24(28)31/h2-4,6-9,12,14H,5,10-11,13H2,1H3,(H2,25,29). The van der Waals surface area contributed by atoms with Crippen molar-refractivity contribution in [1.29, 1.82) is 0 Å². The SMILES string of the molecule is Cc1cccc(Cc2nc(CCCN3C(=O)c4ccccc4C3=O)ncc2C(N)=O)c1. The minimum atomic E-state index is -0.569. The summed E-state index contributed by atoms with van der Waals surface area (Å²) in [5, 5.41) is 0. The highest BCUT2D eigenvalue weighted by Crippen LogP contribution is 2.22. The van der Waals surface area contributed by atoms with Crippen LogP contribution in [0.25, 0.3) is 0 Å². The molecule has 2 heterocycles. The average Bonchev–Trinajstić information content (AvgIpc) is 2.99. The van der Waals surface area contributed by atoms with Crippen molar-refractivity contribution in [2.24, 2.45) is 5.73 Å². The highest BCUT2D eigenvalue weighted by Gasteiger charge is 2.34. The van der Waals surface area contributed by atoms with E-state index in [-0.39, 0.29) is 18.4 Å². The Hall–Kier alpha value is -3.87. The number of aryl methyl sites for hydroxylation is 2. The van der Waals surface area contributed by atoms with Gasteiger partial charge in [-0.2, -0.15) is 0 Å². The summed E-state index contributed by atoms with van der Waals surface area (Å²) in [6, 6.07) is 14.8. The van der Waals surface area contributed by atoms with Gasteiger partial charge in [0.05, 0.1) is 22.4 Å². The van der Waals surface area contributed by atoms with E-state index in [1.54, 1.807) is 24.3 Å². The number of nitrogens with zero attached hydrogens (tertiary/aromatic N) is 3. The predicted octanol–water partition coefficient (Wildman–Crippen LogP) is 2.70. The second kappa shape index (κ2) is 8.47. The van der Waals surface area contributed by atoms with Crippen molar-refractivity contribution in [3.05, 3.63) is 94.1 Å². The number of benzene rings is 2. The Morgan fingerprint density at radius 1 is 1.03 bits per heavy atom. The molecule has 31 heavy (non-hydrogen) atoms. The van der Waals surface area contributed by atoms with E-state index in [2.05, 4.69) is 9.97 Å². The smallest absolute Gasteiger partial charge is 0.261 e. The molecule has 0 aliphatic carbocycles. The zero-order valence-electron chi connectivity index (χ0n) is 17.2. The molecule has 2 aromatic carbocycles. The largest absolute Gasteiger partial charge is 0.365 e. The Morgan fingerprint density at radius 2 is 1.74 bits per heavy atom. The van der Waals surface area contributed by atoms with Gasteiger partial charge in [0.25, 0.3) is 17.7 Å². The number of hydrogen-bond acceptors (Lipinski definition) is 5. The van der Waals surface area contributed by atoms with Gasteiger partial charge in [0.2, 0.25) is 0 Å². The van der Waals surface area contributed by atoms with Crippen LogP contribution < -0.4 is 5.73 Å². The Labute approximate surface area is 179 Å². The third-order valence-electron chi connectivity index (χ3n) is 5.30. The fourth-order valence-corrected chi connectivity index (χ4v) is 3.77. The summed E-state index contributed by atoms with van der Waals surface area (Å²) < 4.78 is 0. The molecule has 3 amide bonds. The summed E-state index contributed by atoms with van der Waals surface area (Å²) in [5.41, 5.74) is 9.40. The van der Waals surface area contributed by atoms with Gasteiger partial charge in [-0.05, 0) is 31.0 Å². The van der Waals surface area contributed by atoms with E-state index in [1.807, 2.05) is 31.2 Å². The van der Waals surface area contributed by atoms with Gasteiger partial charge in [0, 0.05) is 25.6 Å². The molecule has 0 bridgehead atoms. The molecule has 0 spiro atoms. The lowest BCUT2D eigenvalue weighted by Gasteiger charge is -2.13. The summed E-state index contributed by atoms with van der Waals surface area (Å²) in [7, 11) is 0. The average molecular weight is 414 g/mol. The monoisotopic (exact) mass is 414 g/mol. The Morgan fingerprint density at radius 3 is 2.39 bits per heavy atom. The highest BCUT2D eigenvalue weighted by atomic mass is 16.2. The second-order valence-corrected chi connectivity index (χ2v) is 7.59. The maximum atomic E-state index is 12.5. The lowest BCUT2D eigenvalue weighted by Crippen LogP contribution is -2.31. The Kier molecular flexibility index (Phi) is 5.58. The number of aromatic nitrogens is 2. The predicted molar refractivity (Wildman–Crippen MR) is 115 cm³/mol. The number of amides is 3. The summed E-state index contributed by atoms with van der Waals surface area (Å²) in [5.74, 6) is -0.569. The Balaban J connectivity index is 1.46. The lowest BCUT2D eigenvalue weighted by molar-refractivity contribution is 0.0652. The van der Waals surface area contributed by atoms with E-state index in [0.717, 1.165) is 11.1 Å². The molecule has 1 aliphatic heterocycles. The number of nitrogens with two attached hydrogens (primary N) is 1. The first-order valence-electron chi connectivity index (χ1n) is 10.1. The maximum Gasteiger partial charge on any atom is 0.261 e. The number of carbonyl (C=O) groups is 3. The number of carbonyl (C=O) groups excluding carboxylic acids is 3. The van der Waals surface area contributed by atoms with Crippen LogP contribution in [0, 0.1) is 6.92 Å². The first kappa shape index (κ1) is 20.4. The molecule has 4 rings (SSSR count). The minimum absolute atomic E-state index is 0.272. The second-order valence-electron chi connectivity index (χ2n) is 7.59. The zero-order chi connectivity index (χ0) is 22.0. The van der Waals surface area contributed by atoms with Gasteiger partial charge in [0.15, 0.2) is 0 Å². The molecule has 7 heteroatoms. The van der Waals surface area contributed by atoms with E-state index in [0.29, 0.717) is 47.5 Å². The van der Waals surface area contributed by atoms with Crippen molar-refractivity contribution in [3.63, 3.8) is 0 Å². The molecule has 1 aromatic heterocycles. The third-order valence-corrected chi connectivity index (χ3v) is 5.30. The van der Waals surface area contributed by atoms with E-state index < -0.39 is 5.91 Å². The first-order chi connectivity index (χ1) is 14.9. The molecule has 0 atom stereocenters. The van der Waals surface area contributed by atoms with Gasteiger partial charge < -0.3 is 5.73 Å². The maximum absolute atomic E-state index is 12.5. The fourth-order valence-electron chi connectivity index (χ4n) is 3.77. The van der Waals surface area contributed by atoms with Crippen molar-refractivity contribution < 1.29 is 14.4 Å². The number of rotatable bonds is 7. The normalized spacial score (nSPS) is 12.9. The van der Waals surface area contributed by atoms with Gasteiger partial charge in [-0.15, -0.1) is 0 Å². The van der Waals surface area contributed by atoms with Gasteiger partial charge in [-0.1, -0.05) is 42.0 Å². The van der Waals surface area contributed by atoms with Crippen LogP contribution in [0.3, 0.4) is 0 Å². The molecule has 0 radical (unpaired) electrons. The van der Waals surface area contributed by atoms with Crippen LogP contribution in [0.1, 0.15) is 60.1 Å². The van der Waals surface area contributed by atoms with Gasteiger partial charge in [-0.25, -0.2) is 9.97 Å². The lowest BCUT2D eigenvalue weighted by atomic mass is 10.0. The molecular formula is C24H22N4O3. The van der Waals surface area contributed by atoms with Crippen LogP contribution in [0.4, 0.5) is 0 Å². The van der Waals surface area contributed by atoms with Crippen LogP contribution in [0.5, 0.6) is 0 Å². The van der Waals surface area contributed by atoms with Gasteiger partial charge in [0.1, 0.15) is 5.82 Å². The molecule has 7 nitrogen and oxygen atoms in total. The van der Waals surface area contributed by atoms with E-state index >= 15 is 0 Å². The molecule has 2 N–H and O–H groups in total. The van der Waals surface area contributed by atoms with Crippen LogP contribution in [-0.2, 0) is 12.8 Å². The van der Waals surface area contributed by atoms with Crippen molar-refractivity contribution in [1.82, 2.24) is 14.9 Å². The summed E-state index contributed by atoms with van der Waals surface area (Å²) in [4.78, 5) is 46.9. The van der Waals surface area contributed by atoms with E-state index in [1.165, 1.54) is 11.1 Å². The minimum Gasteiger partial charge on any atom is -0.365 e. The zero-order valence-corrected chi connectivity index (χ0v) is 17.2. The number of primary amides is 1. The molecule has 0 saturated carbocycles. The Bertz CT molecular complexity index is 1150. The van der Waals surface area contributed by atoms with Gasteiger partial charge in [-0.3, -0.25) is 19.3 Å². The van der Waals surface area contributed by atoms with Crippen LogP contribution >= 0.6 is 0 Å². The number of fused-ring (bicyclic) bond motifs is 1. The summed E-state index contributed by atoms with van der Waals surface area (Å²) in [6.45, 7) is 2.28. The molecule has 0 fully saturated rings. The van der Waals surface area contributed by atoms with Crippen molar-refractivity contribution in [2.75, 3.05) is 6.54 Å². The molecular weight excluding hydrogens is 392 g/mol. The quantitative estimate of drug-likeness (QED) is 0.598. The molecule has 0 saturated heterocycles. The molecule has 1 aliphatic rings. The van der Waals surface area contributed by atoms with Crippen molar-refractivity contribution >= 4 is 17.7 Å². The fraction of sp³-hybridized carbons (Fsp3) is 0.208. The molecule has 0 unspecified atom stereocenters. The van der Waals surface area contributed by atoms with Gasteiger partial charge >= 0.3 is 0 Å². The number of hydrogen-bond donors (Lipinski definition) is 1. The van der Waals surface area contributed by atoms with Crippen LogP contribution in [0.15, 0.2) is 54.7 Å². The van der Waals surface area contributed by atoms with Crippen LogP contribution in [0.2, 0.25) is 0 Å². The molecule has 156 valence electrons. The number of imide groups is 1. The summed E-state index contributed by atoms with van der Waals surface area (Å²) >= 11 is 0. The summed E-state index contributed by atoms with van der Waals surface area (Å²) in [6.07, 6.45) is 2.91. The van der Waals surface area contributed by atoms with E-state index in [4.69, 9.17) is 5.73 Å². The van der Waals surface area contributed by atoms with Crippen molar-refractivity contribution in [2.45, 2.75) is 26.2 Å². The molecule has 3 aromatic rings. The highest BCUT2D eigenvalue weighted by molar-refractivity contribution is 6.21.